The summed E-state index contributed by atoms with van der Waals surface area (Å²) in [5, 5.41) is 25.2. The second-order valence-electron chi connectivity index (χ2n) is 11.4. The van der Waals surface area contributed by atoms with Crippen molar-refractivity contribution >= 4 is 23.9 Å². The van der Waals surface area contributed by atoms with Crippen molar-refractivity contribution in [2.24, 2.45) is 17.3 Å². The molecule has 10 nitrogen and oxygen atoms in total. The number of hydrogen-bond acceptors (Lipinski definition) is 6. The number of carbonyl (C=O) groups excluding carboxylic acids is 3. The van der Waals surface area contributed by atoms with Crippen LogP contribution in [0.15, 0.2) is 0 Å². The Bertz CT molecular complexity index is 826. The van der Waals surface area contributed by atoms with Gasteiger partial charge in [-0.25, -0.2) is 9.59 Å². The molecule has 5 unspecified atom stereocenters. The standard InChI is InChI=1S/C24H39N3O7/c1-6-14-11-24(14,21(31)32)26-19(29)17-10-15(28)12-27(17)20(30)18(23(3,4)5)25-22(33)34-16-8-7-13(2)9-16/h13-18,28H,6-12H2,1-5H3,(H,25,33)(H,26,29)(H,31,32)/t13?,14?,15-,16?,17?,18?,24-/m1/s1. The number of hydrogen-bond donors (Lipinski definition) is 4. The molecule has 2 aliphatic carbocycles. The topological polar surface area (TPSA) is 145 Å². The van der Waals surface area contributed by atoms with E-state index < -0.39 is 53.0 Å². The molecule has 0 radical (unpaired) electrons. The van der Waals surface area contributed by atoms with E-state index in [0.717, 1.165) is 19.3 Å². The predicted octanol–water partition coefficient (Wildman–Crippen LogP) is 1.65. The Kier molecular flexibility index (Phi) is 7.50. The van der Waals surface area contributed by atoms with Gasteiger partial charge in [-0.3, -0.25) is 9.59 Å². The van der Waals surface area contributed by atoms with Gasteiger partial charge >= 0.3 is 12.1 Å². The number of alkyl carbamates (subject to hydrolysis) is 1. The quantitative estimate of drug-likeness (QED) is 0.432. The summed E-state index contributed by atoms with van der Waals surface area (Å²) in [4.78, 5) is 52.3. The molecule has 3 rings (SSSR count). The molecule has 0 aromatic rings. The number of aliphatic hydroxyl groups excluding tert-OH is 1. The van der Waals surface area contributed by atoms with Crippen molar-refractivity contribution in [1.82, 2.24) is 15.5 Å². The highest BCUT2D eigenvalue weighted by atomic mass is 16.6. The summed E-state index contributed by atoms with van der Waals surface area (Å²) in [5.41, 5.74) is -2.02. The van der Waals surface area contributed by atoms with Gasteiger partial charge in [-0.1, -0.05) is 41.0 Å². The Morgan fingerprint density at radius 3 is 2.35 bits per heavy atom. The molecule has 3 aliphatic rings. The first kappa shape index (κ1) is 26.2. The molecule has 7 atom stereocenters. The summed E-state index contributed by atoms with van der Waals surface area (Å²) in [6, 6.07) is -2.01. The molecular formula is C24H39N3O7. The summed E-state index contributed by atoms with van der Waals surface area (Å²) in [7, 11) is 0. The lowest BCUT2D eigenvalue weighted by molar-refractivity contribution is -0.146. The average Bonchev–Trinajstić information content (AvgIpc) is 3.07. The predicted molar refractivity (Wildman–Crippen MR) is 123 cm³/mol. The monoisotopic (exact) mass is 481 g/mol. The average molecular weight is 482 g/mol. The molecular weight excluding hydrogens is 442 g/mol. The van der Waals surface area contributed by atoms with Crippen LogP contribution in [0.1, 0.15) is 73.1 Å². The smallest absolute Gasteiger partial charge is 0.408 e. The van der Waals surface area contributed by atoms with E-state index in [4.69, 9.17) is 4.74 Å². The van der Waals surface area contributed by atoms with Crippen LogP contribution in [0, 0.1) is 17.3 Å². The number of likely N-dealkylation sites (tertiary alicyclic amines) is 1. The van der Waals surface area contributed by atoms with Gasteiger partial charge in [0.2, 0.25) is 11.8 Å². The van der Waals surface area contributed by atoms with E-state index in [2.05, 4.69) is 17.6 Å². The van der Waals surface area contributed by atoms with Gasteiger partial charge in [0.15, 0.2) is 0 Å². The van der Waals surface area contributed by atoms with Crippen LogP contribution in [0.4, 0.5) is 4.79 Å². The highest BCUT2D eigenvalue weighted by Crippen LogP contribution is 2.46. The third-order valence-electron chi connectivity index (χ3n) is 7.49. The fraction of sp³-hybridized carbons (Fsp3) is 0.833. The lowest BCUT2D eigenvalue weighted by Gasteiger charge is -2.35. The number of carboxylic acid groups (broad SMARTS) is 1. The van der Waals surface area contributed by atoms with Gasteiger partial charge in [-0.05, 0) is 42.9 Å². The van der Waals surface area contributed by atoms with Crippen molar-refractivity contribution < 1.29 is 34.1 Å². The van der Waals surface area contributed by atoms with Crippen LogP contribution in [0.5, 0.6) is 0 Å². The molecule has 1 heterocycles. The maximum absolute atomic E-state index is 13.6. The number of β-amino-alcohol motifs (C(OH)–C–C–N with tert-alkyl or cyclic N) is 1. The highest BCUT2D eigenvalue weighted by Gasteiger charge is 2.61. The summed E-state index contributed by atoms with van der Waals surface area (Å²) >= 11 is 0. The fourth-order valence-corrected chi connectivity index (χ4v) is 5.28. The number of nitrogens with zero attached hydrogens (tertiary/aromatic N) is 1. The zero-order valence-electron chi connectivity index (χ0n) is 20.8. The molecule has 3 fully saturated rings. The Labute approximate surface area is 200 Å². The van der Waals surface area contributed by atoms with Crippen molar-refractivity contribution in [2.45, 2.75) is 103 Å². The minimum absolute atomic E-state index is 0.00529. The third-order valence-corrected chi connectivity index (χ3v) is 7.49. The van der Waals surface area contributed by atoms with Gasteiger partial charge in [0.1, 0.15) is 23.7 Å². The molecule has 1 saturated heterocycles. The number of nitrogens with one attached hydrogen (secondary N) is 2. The van der Waals surface area contributed by atoms with Crippen LogP contribution in [0.3, 0.4) is 0 Å². The highest BCUT2D eigenvalue weighted by molar-refractivity contribution is 5.96. The van der Waals surface area contributed by atoms with Crippen LogP contribution < -0.4 is 10.6 Å². The van der Waals surface area contributed by atoms with E-state index in [1.165, 1.54) is 4.90 Å². The van der Waals surface area contributed by atoms with Crippen molar-refractivity contribution in [3.05, 3.63) is 0 Å². The molecule has 192 valence electrons. The van der Waals surface area contributed by atoms with Crippen LogP contribution in [-0.2, 0) is 19.1 Å². The third kappa shape index (κ3) is 5.47. The number of carboxylic acids is 1. The van der Waals surface area contributed by atoms with Crippen LogP contribution in [-0.4, -0.2) is 75.4 Å². The van der Waals surface area contributed by atoms with Gasteiger partial charge in [0.05, 0.1) is 6.10 Å². The van der Waals surface area contributed by atoms with Crippen molar-refractivity contribution in [2.75, 3.05) is 6.54 Å². The second-order valence-corrected chi connectivity index (χ2v) is 11.4. The second kappa shape index (κ2) is 9.71. The SMILES string of the molecule is CCC1C[C@]1(NC(=O)C1C[C@@H](O)CN1C(=O)C(NC(=O)OC1CCC(C)C1)C(C)(C)C)C(=O)O. The van der Waals surface area contributed by atoms with E-state index in [9.17, 15) is 29.4 Å². The van der Waals surface area contributed by atoms with Crippen LogP contribution >= 0.6 is 0 Å². The first-order chi connectivity index (χ1) is 15.8. The van der Waals surface area contributed by atoms with Gasteiger partial charge in [-0.2, -0.15) is 0 Å². The summed E-state index contributed by atoms with van der Waals surface area (Å²) in [6.07, 6.45) is 1.72. The Hall–Kier alpha value is -2.36. The van der Waals surface area contributed by atoms with E-state index >= 15 is 0 Å². The fourth-order valence-electron chi connectivity index (χ4n) is 5.28. The zero-order chi connectivity index (χ0) is 25.4. The van der Waals surface area contributed by atoms with Gasteiger partial charge in [0.25, 0.3) is 0 Å². The molecule has 2 saturated carbocycles. The van der Waals surface area contributed by atoms with Gasteiger partial charge < -0.3 is 30.5 Å². The maximum Gasteiger partial charge on any atom is 0.408 e. The van der Waals surface area contributed by atoms with E-state index in [1.807, 2.05) is 6.92 Å². The first-order valence-corrected chi connectivity index (χ1v) is 12.3. The summed E-state index contributed by atoms with van der Waals surface area (Å²) in [6.45, 7) is 9.28. The lowest BCUT2D eigenvalue weighted by Crippen LogP contribution is -2.59. The number of ether oxygens (including phenoxy) is 1. The molecule has 3 amide bonds. The van der Waals surface area contributed by atoms with Crippen LogP contribution in [0.25, 0.3) is 0 Å². The molecule has 0 spiro atoms. The zero-order valence-corrected chi connectivity index (χ0v) is 20.8. The molecule has 1 aliphatic heterocycles. The van der Waals surface area contributed by atoms with E-state index in [1.54, 1.807) is 20.8 Å². The Morgan fingerprint density at radius 2 is 1.85 bits per heavy atom. The number of carbonyl (C=O) groups is 4. The Balaban J connectivity index is 1.72. The summed E-state index contributed by atoms with van der Waals surface area (Å²) in [5.74, 6) is -1.88. The molecule has 34 heavy (non-hydrogen) atoms. The minimum atomic E-state index is -1.32. The number of aliphatic hydroxyl groups is 1. The molecule has 10 heteroatoms. The minimum Gasteiger partial charge on any atom is -0.479 e. The summed E-state index contributed by atoms with van der Waals surface area (Å²) < 4.78 is 5.53. The van der Waals surface area contributed by atoms with Crippen molar-refractivity contribution in [3.8, 4) is 0 Å². The van der Waals surface area contributed by atoms with Crippen LogP contribution in [0.2, 0.25) is 0 Å². The van der Waals surface area contributed by atoms with E-state index in [-0.39, 0.29) is 25.0 Å². The lowest BCUT2D eigenvalue weighted by atomic mass is 9.85. The molecule has 0 bridgehead atoms. The molecule has 0 aromatic heterocycles. The molecule has 4 N–H and O–H groups in total. The number of amides is 3. The Morgan fingerprint density at radius 1 is 1.18 bits per heavy atom. The first-order valence-electron chi connectivity index (χ1n) is 12.3. The maximum atomic E-state index is 13.6. The number of aliphatic carboxylic acids is 1. The normalized spacial score (nSPS) is 33.8. The largest absolute Gasteiger partial charge is 0.479 e. The van der Waals surface area contributed by atoms with Gasteiger partial charge in [-0.15, -0.1) is 0 Å². The van der Waals surface area contributed by atoms with Crippen molar-refractivity contribution in [3.63, 3.8) is 0 Å². The number of rotatable bonds is 7. The van der Waals surface area contributed by atoms with Crippen molar-refractivity contribution in [1.29, 1.82) is 0 Å². The van der Waals surface area contributed by atoms with Gasteiger partial charge in [0, 0.05) is 13.0 Å². The molecule has 0 aromatic carbocycles. The van der Waals surface area contributed by atoms with E-state index in [0.29, 0.717) is 18.8 Å².